The summed E-state index contributed by atoms with van der Waals surface area (Å²) < 4.78 is 108. The van der Waals surface area contributed by atoms with Crippen molar-refractivity contribution in [1.82, 2.24) is 15.0 Å². The Hall–Kier alpha value is -1.83. The van der Waals surface area contributed by atoms with Crippen LogP contribution in [0.2, 0.25) is 5.28 Å². The molecule has 0 atom stereocenters. The predicted octanol–water partition coefficient (Wildman–Crippen LogP) is -4.96. The van der Waals surface area contributed by atoms with Crippen molar-refractivity contribution in [3.8, 4) is 5.75 Å². The van der Waals surface area contributed by atoms with Crippen molar-refractivity contribution >= 4 is 87.4 Å². The van der Waals surface area contributed by atoms with Crippen LogP contribution < -0.4 is 98.9 Å². The number of hydrogen-bond acceptors (Lipinski definition) is 17. The van der Waals surface area contributed by atoms with E-state index in [4.69, 9.17) is 11.6 Å². The van der Waals surface area contributed by atoms with Gasteiger partial charge in [0.05, 0.1) is 20.4 Å². The van der Waals surface area contributed by atoms with E-state index in [2.05, 4.69) is 30.5 Å². The molecule has 0 saturated heterocycles. The Bertz CT molecular complexity index is 2430. The number of fused-ring (bicyclic) bond motifs is 1. The summed E-state index contributed by atoms with van der Waals surface area (Å²) in [6.45, 7) is 0. The molecule has 0 aliphatic carbocycles. The van der Waals surface area contributed by atoms with Crippen molar-refractivity contribution in [3.05, 3.63) is 78.1 Å². The van der Waals surface area contributed by atoms with Gasteiger partial charge in [0, 0.05) is 18.1 Å². The number of anilines is 4. The largest absolute Gasteiger partial charge is 1.00 e. The van der Waals surface area contributed by atoms with Crippen LogP contribution in [-0.4, -0.2) is 66.0 Å². The second-order valence-corrected chi connectivity index (χ2v) is 13.8. The molecular formula is C26H17ClN7Na3O10S3. The number of phenolic OH excluding ortho intramolecular Hbond substituents is 1. The molecule has 17 nitrogen and oxygen atoms in total. The molecule has 0 bridgehead atoms. The number of para-hydroxylation sites is 1. The zero-order valence-electron chi connectivity index (χ0n) is 26.3. The first-order valence-corrected chi connectivity index (χ1v) is 17.2. The van der Waals surface area contributed by atoms with Gasteiger partial charge in [-0.15, -0.1) is 10.2 Å². The summed E-state index contributed by atoms with van der Waals surface area (Å²) in [5.41, 5.74) is -1.34. The Balaban J connectivity index is 0.00000289. The van der Waals surface area contributed by atoms with Gasteiger partial charge in [0.1, 0.15) is 41.7 Å². The normalized spacial score (nSPS) is 11.7. The summed E-state index contributed by atoms with van der Waals surface area (Å²) in [7, 11) is -14.2. The van der Waals surface area contributed by atoms with Gasteiger partial charge in [0.2, 0.25) is 17.2 Å². The minimum atomic E-state index is -5.51. The van der Waals surface area contributed by atoms with E-state index < -0.39 is 78.6 Å². The molecule has 24 heteroatoms. The smallest absolute Gasteiger partial charge is 0.744 e. The van der Waals surface area contributed by atoms with Crippen LogP contribution in [0.3, 0.4) is 0 Å². The first-order valence-electron chi connectivity index (χ1n) is 12.6. The summed E-state index contributed by atoms with van der Waals surface area (Å²) >= 11 is 6.12. The first kappa shape index (κ1) is 44.3. The molecule has 0 unspecified atom stereocenters. The van der Waals surface area contributed by atoms with Gasteiger partial charge in [-0.25, -0.2) is 25.3 Å². The van der Waals surface area contributed by atoms with Crippen LogP contribution in [0.4, 0.5) is 34.6 Å². The summed E-state index contributed by atoms with van der Waals surface area (Å²) in [5, 5.41) is 19.9. The third kappa shape index (κ3) is 10.2. The Morgan fingerprint density at radius 2 is 1.36 bits per heavy atom. The second kappa shape index (κ2) is 17.3. The molecule has 244 valence electrons. The van der Waals surface area contributed by atoms with Crippen molar-refractivity contribution in [2.75, 3.05) is 17.3 Å². The number of halogens is 1. The molecule has 1 heterocycles. The predicted molar refractivity (Wildman–Crippen MR) is 163 cm³/mol. The molecule has 0 amide bonds. The maximum atomic E-state index is 12.2. The van der Waals surface area contributed by atoms with Crippen LogP contribution in [0.25, 0.3) is 10.8 Å². The second-order valence-electron chi connectivity index (χ2n) is 9.42. The number of azo groups is 1. The fourth-order valence-corrected chi connectivity index (χ4v) is 6.22. The average Bonchev–Trinajstić information content (AvgIpc) is 2.98. The Labute approximate surface area is 356 Å². The molecule has 0 fully saturated rings. The van der Waals surface area contributed by atoms with E-state index in [1.54, 1.807) is 37.4 Å². The number of benzene rings is 4. The Kier molecular flexibility index (Phi) is 15.4. The summed E-state index contributed by atoms with van der Waals surface area (Å²) in [6, 6.07) is 15.3. The molecule has 0 radical (unpaired) electrons. The van der Waals surface area contributed by atoms with Crippen molar-refractivity contribution in [2.45, 2.75) is 14.7 Å². The fourth-order valence-electron chi connectivity index (χ4n) is 4.28. The number of nitrogens with zero attached hydrogens (tertiary/aromatic N) is 6. The molecule has 5 rings (SSSR count). The summed E-state index contributed by atoms with van der Waals surface area (Å²) in [4.78, 5) is 10.8. The first-order chi connectivity index (χ1) is 21.9. The molecule has 4 aromatic carbocycles. The quantitative estimate of drug-likeness (QED) is 0.0805. The third-order valence-electron chi connectivity index (χ3n) is 6.36. The molecule has 2 N–H and O–H groups in total. The van der Waals surface area contributed by atoms with Crippen molar-refractivity contribution in [2.24, 2.45) is 10.2 Å². The van der Waals surface area contributed by atoms with Gasteiger partial charge < -0.3 is 29.0 Å². The number of aromatic nitrogens is 3. The van der Waals surface area contributed by atoms with E-state index in [0.717, 1.165) is 18.2 Å². The Morgan fingerprint density at radius 1 is 0.760 bits per heavy atom. The summed E-state index contributed by atoms with van der Waals surface area (Å²) in [6.07, 6.45) is 0. The van der Waals surface area contributed by atoms with Gasteiger partial charge in [-0.2, -0.15) is 15.0 Å². The van der Waals surface area contributed by atoms with Crippen LogP contribution in [-0.2, 0) is 30.4 Å². The SMILES string of the molecule is CN(c1ccccc1)c1nc(Cl)nc(Nc2cc(S(=O)(=O)[O-])cc3cc(S(=O)(=O)[O-])c(N=Nc4ccccc4S(=O)(=O)[O-])c(O)c23)n1.[Na+].[Na+].[Na+]. The number of rotatable bonds is 9. The number of nitrogens with one attached hydrogen (secondary N) is 1. The van der Waals surface area contributed by atoms with Gasteiger partial charge in [-0.3, -0.25) is 0 Å². The third-order valence-corrected chi connectivity index (χ3v) is 9.08. The molecule has 0 saturated carbocycles. The van der Waals surface area contributed by atoms with E-state index in [-0.39, 0.29) is 106 Å². The van der Waals surface area contributed by atoms with Gasteiger partial charge in [-0.05, 0) is 59.5 Å². The van der Waals surface area contributed by atoms with Gasteiger partial charge in [-0.1, -0.05) is 30.3 Å². The van der Waals surface area contributed by atoms with E-state index >= 15 is 0 Å². The molecular weight excluding hydrogens is 771 g/mol. The van der Waals surface area contributed by atoms with E-state index in [9.17, 15) is 44.0 Å². The van der Waals surface area contributed by atoms with Gasteiger partial charge in [0.15, 0.2) is 5.75 Å². The molecule has 0 aliphatic rings. The molecule has 50 heavy (non-hydrogen) atoms. The van der Waals surface area contributed by atoms with E-state index in [1.807, 2.05) is 0 Å². The van der Waals surface area contributed by atoms with Gasteiger partial charge >= 0.3 is 88.7 Å². The fraction of sp³-hybridized carbons (Fsp3) is 0.0385. The van der Waals surface area contributed by atoms with Crippen molar-refractivity contribution in [3.63, 3.8) is 0 Å². The van der Waals surface area contributed by atoms with Gasteiger partial charge in [0.25, 0.3) is 0 Å². The monoisotopic (exact) mass is 787 g/mol. The number of hydrogen-bond donors (Lipinski definition) is 2. The maximum Gasteiger partial charge on any atom is 1.00 e. The zero-order chi connectivity index (χ0) is 34.3. The molecule has 1 aromatic heterocycles. The number of aromatic hydroxyl groups is 1. The zero-order valence-corrected chi connectivity index (χ0v) is 35.5. The Morgan fingerprint density at radius 3 is 1.96 bits per heavy atom. The van der Waals surface area contributed by atoms with Crippen LogP contribution >= 0.6 is 11.6 Å². The van der Waals surface area contributed by atoms with E-state index in [1.165, 1.54) is 17.0 Å². The minimum absolute atomic E-state index is 0. The van der Waals surface area contributed by atoms with E-state index in [0.29, 0.717) is 17.8 Å². The standard InChI is InChI=1S/C26H20ClN7O10S3.3Na/c1-34(15-7-3-2-4-8-15)26-30-24(27)29-25(31-26)28-18-13-16(45(36,37)38)11-14-12-20(47(42,43)44)22(23(35)21(14)18)33-32-17-9-5-6-10-19(17)46(39,40)41;;;/h2-13,35H,1H3,(H,36,37,38)(H,39,40,41)(H,42,43,44)(H,28,29,30,31);;;/q;3*+1/p-3. The summed E-state index contributed by atoms with van der Waals surface area (Å²) in [5.74, 6) is -1.41. The number of phenols is 1. The van der Waals surface area contributed by atoms with Crippen LogP contribution in [0.1, 0.15) is 0 Å². The van der Waals surface area contributed by atoms with Crippen molar-refractivity contribution in [1.29, 1.82) is 0 Å². The topological polar surface area (TPSA) is 270 Å². The average molecular weight is 788 g/mol. The van der Waals surface area contributed by atoms with Crippen LogP contribution in [0.5, 0.6) is 5.75 Å². The maximum absolute atomic E-state index is 12.2. The van der Waals surface area contributed by atoms with Crippen LogP contribution in [0.15, 0.2) is 97.7 Å². The molecule has 5 aromatic rings. The minimum Gasteiger partial charge on any atom is -0.744 e. The van der Waals surface area contributed by atoms with Crippen molar-refractivity contribution < 1.29 is 133 Å². The molecule has 0 spiro atoms. The van der Waals surface area contributed by atoms with Crippen LogP contribution in [0, 0.1) is 0 Å². The molecule has 0 aliphatic heterocycles.